The van der Waals surface area contributed by atoms with Crippen LogP contribution < -0.4 is 4.74 Å². The number of carbonyl (C=O) groups excluding carboxylic acids is 1. The van der Waals surface area contributed by atoms with E-state index in [9.17, 15) is 4.79 Å². The maximum atomic E-state index is 12.4. The third-order valence-electron chi connectivity index (χ3n) is 4.38. The number of hydrogen-bond donors (Lipinski definition) is 0. The average Bonchev–Trinajstić information content (AvgIpc) is 2.94. The number of benzene rings is 2. The first-order valence-corrected chi connectivity index (χ1v) is 7.19. The average molecular weight is 264 g/mol. The SMILES string of the molecule is O=C1CCc2ccccc2C1c1ccc2c(c1)CCO2. The van der Waals surface area contributed by atoms with Gasteiger partial charge in [0.15, 0.2) is 0 Å². The highest BCUT2D eigenvalue weighted by molar-refractivity contribution is 5.91. The maximum Gasteiger partial charge on any atom is 0.145 e. The summed E-state index contributed by atoms with van der Waals surface area (Å²) < 4.78 is 5.55. The zero-order chi connectivity index (χ0) is 13.5. The summed E-state index contributed by atoms with van der Waals surface area (Å²) >= 11 is 0. The molecule has 2 aromatic carbocycles. The number of ketones is 1. The molecule has 2 heteroatoms. The van der Waals surface area contributed by atoms with Gasteiger partial charge in [0.2, 0.25) is 0 Å². The molecular weight excluding hydrogens is 248 g/mol. The lowest BCUT2D eigenvalue weighted by Gasteiger charge is -2.25. The number of Topliss-reactive ketones (excluding diaryl/α,β-unsaturated/α-hetero) is 1. The van der Waals surface area contributed by atoms with Crippen LogP contribution in [0.25, 0.3) is 0 Å². The number of aryl methyl sites for hydroxylation is 1. The first-order valence-electron chi connectivity index (χ1n) is 7.19. The Hall–Kier alpha value is -2.09. The molecule has 100 valence electrons. The fraction of sp³-hybridized carbons (Fsp3) is 0.278. The highest BCUT2D eigenvalue weighted by Gasteiger charge is 2.29. The minimum absolute atomic E-state index is 0.0918. The monoisotopic (exact) mass is 264 g/mol. The van der Waals surface area contributed by atoms with Gasteiger partial charge in [-0.05, 0) is 34.7 Å². The number of rotatable bonds is 1. The molecule has 2 aromatic rings. The van der Waals surface area contributed by atoms with Crippen molar-refractivity contribution in [1.29, 1.82) is 0 Å². The topological polar surface area (TPSA) is 26.3 Å². The smallest absolute Gasteiger partial charge is 0.145 e. The van der Waals surface area contributed by atoms with Crippen LogP contribution in [0.15, 0.2) is 42.5 Å². The van der Waals surface area contributed by atoms with E-state index in [4.69, 9.17) is 4.74 Å². The first kappa shape index (κ1) is 11.7. The molecule has 1 atom stereocenters. The van der Waals surface area contributed by atoms with E-state index in [-0.39, 0.29) is 5.92 Å². The van der Waals surface area contributed by atoms with Crippen LogP contribution in [-0.2, 0) is 17.6 Å². The zero-order valence-corrected chi connectivity index (χ0v) is 11.3. The molecule has 20 heavy (non-hydrogen) atoms. The van der Waals surface area contributed by atoms with Gasteiger partial charge >= 0.3 is 0 Å². The Morgan fingerprint density at radius 1 is 0.950 bits per heavy atom. The largest absolute Gasteiger partial charge is 0.493 e. The molecule has 0 radical (unpaired) electrons. The third kappa shape index (κ3) is 1.75. The van der Waals surface area contributed by atoms with Gasteiger partial charge in [0.05, 0.1) is 12.5 Å². The van der Waals surface area contributed by atoms with E-state index in [2.05, 4.69) is 30.3 Å². The molecule has 1 aliphatic heterocycles. The van der Waals surface area contributed by atoms with Crippen molar-refractivity contribution < 1.29 is 9.53 Å². The summed E-state index contributed by atoms with van der Waals surface area (Å²) in [7, 11) is 0. The summed E-state index contributed by atoms with van der Waals surface area (Å²) in [6.45, 7) is 0.758. The summed E-state index contributed by atoms with van der Waals surface area (Å²) in [6.07, 6.45) is 2.47. The maximum absolute atomic E-state index is 12.4. The summed E-state index contributed by atoms with van der Waals surface area (Å²) in [4.78, 5) is 12.4. The van der Waals surface area contributed by atoms with E-state index in [0.717, 1.165) is 30.8 Å². The molecule has 2 nitrogen and oxygen atoms in total. The highest BCUT2D eigenvalue weighted by Crippen LogP contribution is 2.37. The Morgan fingerprint density at radius 2 is 1.85 bits per heavy atom. The van der Waals surface area contributed by atoms with Crippen LogP contribution in [0, 0.1) is 0 Å². The van der Waals surface area contributed by atoms with E-state index in [1.54, 1.807) is 0 Å². The zero-order valence-electron chi connectivity index (χ0n) is 11.3. The third-order valence-corrected chi connectivity index (χ3v) is 4.38. The molecule has 0 fully saturated rings. The lowest BCUT2D eigenvalue weighted by molar-refractivity contribution is -0.120. The van der Waals surface area contributed by atoms with Gasteiger partial charge in [-0.2, -0.15) is 0 Å². The van der Waals surface area contributed by atoms with Crippen LogP contribution in [0.5, 0.6) is 5.75 Å². The minimum atomic E-state index is -0.0918. The Kier molecular flexibility index (Phi) is 2.62. The van der Waals surface area contributed by atoms with Crippen LogP contribution in [0.2, 0.25) is 0 Å². The van der Waals surface area contributed by atoms with Gasteiger partial charge in [-0.25, -0.2) is 0 Å². The second kappa shape index (κ2) is 4.48. The van der Waals surface area contributed by atoms with E-state index in [0.29, 0.717) is 12.2 Å². The minimum Gasteiger partial charge on any atom is -0.493 e. The first-order chi connectivity index (χ1) is 9.83. The summed E-state index contributed by atoms with van der Waals surface area (Å²) in [5, 5.41) is 0. The number of fused-ring (bicyclic) bond motifs is 2. The van der Waals surface area contributed by atoms with Crippen molar-refractivity contribution in [3.63, 3.8) is 0 Å². The molecular formula is C18H16O2. The van der Waals surface area contributed by atoms with Crippen molar-refractivity contribution >= 4 is 5.78 Å². The van der Waals surface area contributed by atoms with Crippen molar-refractivity contribution in [2.24, 2.45) is 0 Å². The van der Waals surface area contributed by atoms with Crippen LogP contribution >= 0.6 is 0 Å². The quantitative estimate of drug-likeness (QED) is 0.790. The fourth-order valence-electron chi connectivity index (χ4n) is 3.37. The standard InChI is InChI=1S/C18H16O2/c19-16-7-5-12-3-1-2-4-15(12)18(16)14-6-8-17-13(11-14)9-10-20-17/h1-4,6,8,11,18H,5,7,9-10H2. The number of hydrogen-bond acceptors (Lipinski definition) is 2. The molecule has 0 saturated heterocycles. The molecule has 0 N–H and O–H groups in total. The van der Waals surface area contributed by atoms with Crippen molar-refractivity contribution in [2.45, 2.75) is 25.2 Å². The van der Waals surface area contributed by atoms with Crippen molar-refractivity contribution in [2.75, 3.05) is 6.61 Å². The lowest BCUT2D eigenvalue weighted by atomic mass is 9.78. The van der Waals surface area contributed by atoms with Crippen LogP contribution in [0.3, 0.4) is 0 Å². The van der Waals surface area contributed by atoms with Gasteiger partial charge in [0.25, 0.3) is 0 Å². The summed E-state index contributed by atoms with van der Waals surface area (Å²) in [5.41, 5.74) is 4.85. The summed E-state index contributed by atoms with van der Waals surface area (Å²) in [5.74, 6) is 1.22. The molecule has 2 aliphatic rings. The Labute approximate surface area is 118 Å². The predicted molar refractivity (Wildman–Crippen MR) is 77.3 cm³/mol. The van der Waals surface area contributed by atoms with Gasteiger partial charge in [0.1, 0.15) is 11.5 Å². The second-order valence-electron chi connectivity index (χ2n) is 5.56. The molecule has 0 amide bonds. The molecule has 0 aromatic heterocycles. The summed E-state index contributed by atoms with van der Waals surface area (Å²) in [6, 6.07) is 14.6. The van der Waals surface area contributed by atoms with Gasteiger partial charge in [-0.3, -0.25) is 4.79 Å². The molecule has 0 bridgehead atoms. The van der Waals surface area contributed by atoms with Gasteiger partial charge in [0, 0.05) is 12.8 Å². The lowest BCUT2D eigenvalue weighted by Crippen LogP contribution is -2.21. The molecule has 0 spiro atoms. The molecule has 4 rings (SSSR count). The normalized spacial score (nSPS) is 20.2. The number of ether oxygens (including phenoxy) is 1. The van der Waals surface area contributed by atoms with Crippen LogP contribution in [-0.4, -0.2) is 12.4 Å². The van der Waals surface area contributed by atoms with Gasteiger partial charge < -0.3 is 4.74 Å². The van der Waals surface area contributed by atoms with Crippen molar-refractivity contribution in [3.8, 4) is 5.75 Å². The molecule has 1 heterocycles. The van der Waals surface area contributed by atoms with E-state index < -0.39 is 0 Å². The van der Waals surface area contributed by atoms with E-state index in [1.165, 1.54) is 16.7 Å². The Balaban J connectivity index is 1.83. The van der Waals surface area contributed by atoms with Crippen LogP contribution in [0.1, 0.15) is 34.6 Å². The second-order valence-corrected chi connectivity index (χ2v) is 5.56. The highest BCUT2D eigenvalue weighted by atomic mass is 16.5. The van der Waals surface area contributed by atoms with Gasteiger partial charge in [-0.15, -0.1) is 0 Å². The van der Waals surface area contributed by atoms with Crippen molar-refractivity contribution in [3.05, 3.63) is 64.7 Å². The van der Waals surface area contributed by atoms with Crippen LogP contribution in [0.4, 0.5) is 0 Å². The Morgan fingerprint density at radius 3 is 2.80 bits per heavy atom. The van der Waals surface area contributed by atoms with E-state index >= 15 is 0 Å². The predicted octanol–water partition coefficient (Wildman–Crippen LogP) is 3.27. The van der Waals surface area contributed by atoms with Crippen molar-refractivity contribution in [1.82, 2.24) is 0 Å². The molecule has 1 aliphatic carbocycles. The van der Waals surface area contributed by atoms with E-state index in [1.807, 2.05) is 12.1 Å². The Bertz CT molecular complexity index is 688. The molecule has 0 saturated carbocycles. The molecule has 1 unspecified atom stereocenters. The van der Waals surface area contributed by atoms with Gasteiger partial charge in [-0.1, -0.05) is 36.4 Å². The fourth-order valence-corrected chi connectivity index (χ4v) is 3.37. The number of carbonyl (C=O) groups is 1.